The molecule has 0 atom stereocenters. The van der Waals surface area contributed by atoms with Crippen LogP contribution in [0.2, 0.25) is 5.02 Å². The van der Waals surface area contributed by atoms with Crippen LogP contribution in [0, 0.1) is 5.82 Å². The number of halogens is 2. The summed E-state index contributed by atoms with van der Waals surface area (Å²) in [4.78, 5) is 13.0. The van der Waals surface area contributed by atoms with Gasteiger partial charge < -0.3 is 14.8 Å². The second-order valence-corrected chi connectivity index (χ2v) is 10.2. The Hall–Kier alpha value is -2.04. The molecule has 0 spiro atoms. The summed E-state index contributed by atoms with van der Waals surface area (Å²) in [7, 11) is -4.06. The van der Waals surface area contributed by atoms with Gasteiger partial charge in [-0.05, 0) is 48.7 Å². The van der Waals surface area contributed by atoms with Crippen molar-refractivity contribution in [3.05, 3.63) is 58.9 Å². The molecule has 0 saturated carbocycles. The summed E-state index contributed by atoms with van der Waals surface area (Å²) in [5.41, 5.74) is 0.148. The molecule has 2 aromatic carbocycles. The van der Waals surface area contributed by atoms with Crippen molar-refractivity contribution in [1.29, 1.82) is 0 Å². The first-order chi connectivity index (χ1) is 15.3. The predicted octanol–water partition coefficient (Wildman–Crippen LogP) is 3.19. The van der Waals surface area contributed by atoms with Crippen LogP contribution in [-0.4, -0.2) is 58.1 Å². The molecule has 2 saturated heterocycles. The molecule has 172 valence electrons. The van der Waals surface area contributed by atoms with Crippen molar-refractivity contribution in [3.63, 3.8) is 0 Å². The first-order valence-electron chi connectivity index (χ1n) is 10.4. The number of benzene rings is 2. The Bertz CT molecular complexity index is 1080. The van der Waals surface area contributed by atoms with E-state index in [9.17, 15) is 17.6 Å². The quantitative estimate of drug-likeness (QED) is 0.707. The lowest BCUT2D eigenvalue weighted by molar-refractivity contribution is -0.125. The summed E-state index contributed by atoms with van der Waals surface area (Å²) in [6, 6.07) is 10.7. The molecule has 7 nitrogen and oxygen atoms in total. The summed E-state index contributed by atoms with van der Waals surface area (Å²) in [5.74, 6) is -1.17. The van der Waals surface area contributed by atoms with E-state index in [-0.39, 0.29) is 37.9 Å². The molecule has 4 rings (SSSR count). The maximum atomic E-state index is 14.5. The number of rotatable bonds is 5. The molecule has 10 heteroatoms. The highest BCUT2D eigenvalue weighted by Crippen LogP contribution is 2.37. The van der Waals surface area contributed by atoms with Crippen molar-refractivity contribution >= 4 is 33.2 Å². The van der Waals surface area contributed by atoms with Gasteiger partial charge in [-0.1, -0.05) is 23.7 Å². The second-order valence-electron chi connectivity index (χ2n) is 7.82. The van der Waals surface area contributed by atoms with E-state index in [2.05, 4.69) is 5.32 Å². The Labute approximate surface area is 191 Å². The highest BCUT2D eigenvalue weighted by Gasteiger charge is 2.42. The van der Waals surface area contributed by atoms with Crippen LogP contribution >= 0.6 is 11.6 Å². The van der Waals surface area contributed by atoms with Crippen LogP contribution in [0.25, 0.3) is 0 Å². The number of sulfonamides is 1. The Kier molecular flexibility index (Phi) is 6.83. The maximum absolute atomic E-state index is 14.5. The van der Waals surface area contributed by atoms with Gasteiger partial charge in [0.2, 0.25) is 15.9 Å². The molecule has 0 aromatic heterocycles. The summed E-state index contributed by atoms with van der Waals surface area (Å²) in [6.07, 6.45) is 0.918. The Morgan fingerprint density at radius 2 is 1.62 bits per heavy atom. The zero-order valence-corrected chi connectivity index (χ0v) is 18.9. The van der Waals surface area contributed by atoms with Crippen molar-refractivity contribution in [1.82, 2.24) is 4.31 Å². The van der Waals surface area contributed by atoms with E-state index < -0.39 is 26.2 Å². The topological polar surface area (TPSA) is 84.9 Å². The lowest BCUT2D eigenvalue weighted by Crippen LogP contribution is -2.45. The molecule has 2 aromatic rings. The van der Waals surface area contributed by atoms with Gasteiger partial charge in [0.15, 0.2) is 0 Å². The Morgan fingerprint density at radius 3 is 2.28 bits per heavy atom. The lowest BCUT2D eigenvalue weighted by atomic mass is 9.73. The number of amides is 1. The monoisotopic (exact) mass is 482 g/mol. The minimum atomic E-state index is -4.06. The first-order valence-corrected chi connectivity index (χ1v) is 12.2. The van der Waals surface area contributed by atoms with Crippen LogP contribution in [-0.2, 0) is 29.7 Å². The van der Waals surface area contributed by atoms with Gasteiger partial charge in [-0.3, -0.25) is 4.79 Å². The van der Waals surface area contributed by atoms with Gasteiger partial charge in [0, 0.05) is 37.0 Å². The molecule has 2 aliphatic heterocycles. The third-order valence-corrected chi connectivity index (χ3v) is 8.12. The van der Waals surface area contributed by atoms with Gasteiger partial charge in [0.25, 0.3) is 0 Å². The number of morpholine rings is 1. The first kappa shape index (κ1) is 23.1. The highest BCUT2D eigenvalue weighted by atomic mass is 35.5. The fraction of sp³-hybridized carbons (Fsp3) is 0.409. The molecule has 2 aliphatic rings. The smallest absolute Gasteiger partial charge is 0.246 e. The summed E-state index contributed by atoms with van der Waals surface area (Å²) >= 11 is 6.01. The van der Waals surface area contributed by atoms with Crippen molar-refractivity contribution < 1.29 is 27.1 Å². The fourth-order valence-electron chi connectivity index (χ4n) is 4.09. The number of ether oxygens (including phenoxy) is 2. The van der Waals surface area contributed by atoms with E-state index >= 15 is 0 Å². The van der Waals surface area contributed by atoms with Crippen LogP contribution in [0.15, 0.2) is 47.4 Å². The van der Waals surface area contributed by atoms with E-state index in [0.29, 0.717) is 31.1 Å². The standard InChI is InChI=1S/C22H24ClFN2O5S/c23-17-3-1-16(2-4-17)22(7-11-30-12-8-22)21(27)25-18-5-6-19(24)20(15-18)32(28,29)26-9-13-31-14-10-26/h1-6,15H,7-14H2,(H,25,27). The number of hydrogen-bond acceptors (Lipinski definition) is 5. The van der Waals surface area contributed by atoms with Gasteiger partial charge in [0.1, 0.15) is 10.7 Å². The highest BCUT2D eigenvalue weighted by molar-refractivity contribution is 7.89. The molecule has 0 aliphatic carbocycles. The summed E-state index contributed by atoms with van der Waals surface area (Å²) in [6.45, 7) is 1.63. The number of carbonyl (C=O) groups is 1. The SMILES string of the molecule is O=C(Nc1ccc(F)c(S(=O)(=O)N2CCOCC2)c1)C1(c2ccc(Cl)cc2)CCOCC1. The molecule has 2 heterocycles. The molecular formula is C22H24ClFN2O5S. The van der Waals surface area contributed by atoms with Gasteiger partial charge in [-0.15, -0.1) is 0 Å². The number of anilines is 1. The van der Waals surface area contributed by atoms with Gasteiger partial charge in [0.05, 0.1) is 18.6 Å². The van der Waals surface area contributed by atoms with Crippen LogP contribution in [0.5, 0.6) is 0 Å². The minimum absolute atomic E-state index is 0.151. The molecule has 32 heavy (non-hydrogen) atoms. The van der Waals surface area contributed by atoms with E-state index in [1.807, 2.05) is 12.1 Å². The van der Waals surface area contributed by atoms with Gasteiger partial charge in [-0.2, -0.15) is 4.31 Å². The zero-order chi connectivity index (χ0) is 22.8. The fourth-order valence-corrected chi connectivity index (χ4v) is 5.72. The molecule has 1 N–H and O–H groups in total. The largest absolute Gasteiger partial charge is 0.381 e. The molecule has 0 radical (unpaired) electrons. The summed E-state index contributed by atoms with van der Waals surface area (Å²) in [5, 5.41) is 3.37. The average molecular weight is 483 g/mol. The van der Waals surface area contributed by atoms with Crippen molar-refractivity contribution in [2.45, 2.75) is 23.2 Å². The second kappa shape index (κ2) is 9.44. The molecular weight excluding hydrogens is 459 g/mol. The number of hydrogen-bond donors (Lipinski definition) is 1. The summed E-state index contributed by atoms with van der Waals surface area (Å²) < 4.78 is 52.3. The Morgan fingerprint density at radius 1 is 1.00 bits per heavy atom. The molecule has 0 unspecified atom stereocenters. The van der Waals surface area contributed by atoms with Crippen molar-refractivity contribution in [2.75, 3.05) is 44.8 Å². The normalized spacial score (nSPS) is 19.4. The van der Waals surface area contributed by atoms with Crippen molar-refractivity contribution in [2.24, 2.45) is 0 Å². The number of nitrogens with zero attached hydrogens (tertiary/aromatic N) is 1. The minimum Gasteiger partial charge on any atom is -0.381 e. The molecule has 2 fully saturated rings. The van der Waals surface area contributed by atoms with Crippen LogP contribution in [0.1, 0.15) is 18.4 Å². The van der Waals surface area contributed by atoms with E-state index in [4.69, 9.17) is 21.1 Å². The van der Waals surface area contributed by atoms with Gasteiger partial charge >= 0.3 is 0 Å². The van der Waals surface area contributed by atoms with Gasteiger partial charge in [-0.25, -0.2) is 12.8 Å². The van der Waals surface area contributed by atoms with Crippen molar-refractivity contribution in [3.8, 4) is 0 Å². The van der Waals surface area contributed by atoms with E-state index in [1.165, 1.54) is 16.4 Å². The van der Waals surface area contributed by atoms with E-state index in [1.54, 1.807) is 12.1 Å². The third-order valence-electron chi connectivity index (χ3n) is 5.95. The lowest BCUT2D eigenvalue weighted by Gasteiger charge is -2.36. The molecule has 1 amide bonds. The van der Waals surface area contributed by atoms with E-state index in [0.717, 1.165) is 11.6 Å². The van der Waals surface area contributed by atoms with Crippen LogP contribution in [0.4, 0.5) is 10.1 Å². The van der Waals surface area contributed by atoms with Crippen LogP contribution in [0.3, 0.4) is 0 Å². The zero-order valence-electron chi connectivity index (χ0n) is 17.4. The Balaban J connectivity index is 1.63. The third kappa shape index (κ3) is 4.53. The maximum Gasteiger partial charge on any atom is 0.246 e. The number of nitrogens with one attached hydrogen (secondary N) is 1. The average Bonchev–Trinajstić information content (AvgIpc) is 2.81. The number of carbonyl (C=O) groups excluding carboxylic acids is 1. The molecule has 0 bridgehead atoms. The van der Waals surface area contributed by atoms with Crippen LogP contribution < -0.4 is 5.32 Å². The predicted molar refractivity (Wildman–Crippen MR) is 118 cm³/mol.